The number of nitrogens with one attached hydrogen (secondary N) is 1. The molecule has 4 nitrogen and oxygen atoms in total. The van der Waals surface area contributed by atoms with Gasteiger partial charge in [0.25, 0.3) is 0 Å². The molecule has 0 radical (unpaired) electrons. The molecule has 2 amide bonds. The van der Waals surface area contributed by atoms with Crippen molar-refractivity contribution < 1.29 is 9.59 Å². The minimum absolute atomic E-state index is 0.00104. The zero-order chi connectivity index (χ0) is 13.3. The van der Waals surface area contributed by atoms with Crippen LogP contribution in [0, 0.1) is 5.92 Å². The third-order valence-corrected chi connectivity index (χ3v) is 4.29. The number of carbonyl (C=O) groups excluding carboxylic acids is 2. The van der Waals surface area contributed by atoms with Crippen molar-refractivity contribution in [2.75, 3.05) is 0 Å². The van der Waals surface area contributed by atoms with Crippen LogP contribution in [0.1, 0.15) is 52.9 Å². The normalized spacial score (nSPS) is 30.8. The van der Waals surface area contributed by atoms with Crippen LogP contribution in [-0.4, -0.2) is 34.8 Å². The van der Waals surface area contributed by atoms with E-state index < -0.39 is 0 Å². The van der Waals surface area contributed by atoms with Gasteiger partial charge in [-0.05, 0) is 39.5 Å². The number of rotatable bonds is 2. The molecule has 4 heteroatoms. The van der Waals surface area contributed by atoms with E-state index in [2.05, 4.69) is 5.32 Å². The first-order valence-corrected chi connectivity index (χ1v) is 7.15. The lowest BCUT2D eigenvalue weighted by Crippen LogP contribution is -2.66. The second kappa shape index (κ2) is 5.29. The Labute approximate surface area is 109 Å². The average molecular weight is 252 g/mol. The first-order valence-electron chi connectivity index (χ1n) is 7.15. The van der Waals surface area contributed by atoms with E-state index in [0.29, 0.717) is 5.92 Å². The van der Waals surface area contributed by atoms with Crippen LogP contribution in [0.4, 0.5) is 0 Å². The fraction of sp³-hybridized carbons (Fsp3) is 0.857. The summed E-state index contributed by atoms with van der Waals surface area (Å²) in [4.78, 5) is 26.3. The van der Waals surface area contributed by atoms with Crippen molar-refractivity contribution in [3.05, 3.63) is 0 Å². The zero-order valence-corrected chi connectivity index (χ0v) is 11.6. The molecule has 102 valence electrons. The molecule has 1 heterocycles. The molecule has 2 aliphatic rings. The smallest absolute Gasteiger partial charge is 0.246 e. The van der Waals surface area contributed by atoms with Gasteiger partial charge < -0.3 is 10.2 Å². The molecule has 0 bridgehead atoms. The molecule has 0 spiro atoms. The third-order valence-electron chi connectivity index (χ3n) is 4.29. The molecule has 2 fully saturated rings. The maximum Gasteiger partial charge on any atom is 0.246 e. The molecule has 2 unspecified atom stereocenters. The Morgan fingerprint density at radius 1 is 1.17 bits per heavy atom. The summed E-state index contributed by atoms with van der Waals surface area (Å²) in [5.41, 5.74) is 0. The van der Waals surface area contributed by atoms with Gasteiger partial charge in [-0.2, -0.15) is 0 Å². The van der Waals surface area contributed by atoms with Gasteiger partial charge in [0.15, 0.2) is 0 Å². The molecule has 0 aromatic heterocycles. The number of nitrogens with zero attached hydrogens (tertiary/aromatic N) is 1. The van der Waals surface area contributed by atoms with E-state index >= 15 is 0 Å². The van der Waals surface area contributed by atoms with Crippen molar-refractivity contribution in [1.82, 2.24) is 10.2 Å². The first-order chi connectivity index (χ1) is 8.52. The number of hydrogen-bond acceptors (Lipinski definition) is 2. The lowest BCUT2D eigenvalue weighted by molar-refractivity contribution is -0.152. The first kappa shape index (κ1) is 13.4. The van der Waals surface area contributed by atoms with Crippen molar-refractivity contribution in [2.45, 2.75) is 71.0 Å². The number of carbonyl (C=O) groups is 2. The van der Waals surface area contributed by atoms with Crippen LogP contribution in [0.15, 0.2) is 0 Å². The van der Waals surface area contributed by atoms with Gasteiger partial charge in [-0.3, -0.25) is 9.59 Å². The number of hydrogen-bond donors (Lipinski definition) is 1. The number of amides is 2. The van der Waals surface area contributed by atoms with Crippen LogP contribution < -0.4 is 5.32 Å². The average Bonchev–Trinajstić information content (AvgIpc) is 2.34. The van der Waals surface area contributed by atoms with Gasteiger partial charge in [0.1, 0.15) is 12.1 Å². The summed E-state index contributed by atoms with van der Waals surface area (Å²) in [6.45, 7) is 5.76. The molecular weight excluding hydrogens is 228 g/mol. The summed E-state index contributed by atoms with van der Waals surface area (Å²) in [7, 11) is 0. The molecule has 2 atom stereocenters. The Morgan fingerprint density at radius 2 is 1.78 bits per heavy atom. The molecule has 2 rings (SSSR count). The summed E-state index contributed by atoms with van der Waals surface area (Å²) in [5, 5.41) is 2.94. The monoisotopic (exact) mass is 252 g/mol. The third kappa shape index (κ3) is 2.38. The van der Waals surface area contributed by atoms with Gasteiger partial charge in [-0.25, -0.2) is 0 Å². The van der Waals surface area contributed by atoms with Crippen LogP contribution in [-0.2, 0) is 9.59 Å². The van der Waals surface area contributed by atoms with Crippen molar-refractivity contribution >= 4 is 11.8 Å². The lowest BCUT2D eigenvalue weighted by Gasteiger charge is -2.43. The quantitative estimate of drug-likeness (QED) is 0.813. The predicted molar refractivity (Wildman–Crippen MR) is 69.9 cm³/mol. The fourth-order valence-corrected chi connectivity index (χ4v) is 3.30. The highest BCUT2D eigenvalue weighted by Gasteiger charge is 2.42. The van der Waals surface area contributed by atoms with E-state index in [9.17, 15) is 9.59 Å². The maximum atomic E-state index is 12.5. The van der Waals surface area contributed by atoms with Crippen LogP contribution >= 0.6 is 0 Å². The van der Waals surface area contributed by atoms with Gasteiger partial charge >= 0.3 is 0 Å². The van der Waals surface area contributed by atoms with Crippen LogP contribution in [0.25, 0.3) is 0 Å². The minimum atomic E-state index is -0.336. The second-order valence-corrected chi connectivity index (χ2v) is 5.90. The lowest BCUT2D eigenvalue weighted by atomic mass is 9.82. The molecule has 1 saturated heterocycles. The topological polar surface area (TPSA) is 49.4 Å². The highest BCUT2D eigenvalue weighted by molar-refractivity contribution is 5.97. The van der Waals surface area contributed by atoms with E-state index in [-0.39, 0.29) is 29.9 Å². The summed E-state index contributed by atoms with van der Waals surface area (Å²) < 4.78 is 0. The zero-order valence-electron chi connectivity index (χ0n) is 11.6. The number of piperazine rings is 1. The van der Waals surface area contributed by atoms with E-state index in [0.717, 1.165) is 12.8 Å². The van der Waals surface area contributed by atoms with Crippen LogP contribution in [0.5, 0.6) is 0 Å². The fourth-order valence-electron chi connectivity index (χ4n) is 3.30. The molecule has 0 aromatic rings. The van der Waals surface area contributed by atoms with Gasteiger partial charge in [-0.1, -0.05) is 19.3 Å². The van der Waals surface area contributed by atoms with E-state index in [1.165, 1.54) is 19.3 Å². The molecule has 1 saturated carbocycles. The Hall–Kier alpha value is -1.06. The summed E-state index contributed by atoms with van der Waals surface area (Å²) in [5.74, 6) is 0.451. The van der Waals surface area contributed by atoms with E-state index in [1.807, 2.05) is 20.8 Å². The Bertz CT molecular complexity index is 335. The van der Waals surface area contributed by atoms with Crippen LogP contribution in [0.3, 0.4) is 0 Å². The largest absolute Gasteiger partial charge is 0.342 e. The molecule has 18 heavy (non-hydrogen) atoms. The standard InChI is InChI=1S/C14H24N2O2/c1-9(2)16-10(3)13(17)15-12(14(16)18)11-7-5-4-6-8-11/h9-12H,4-8H2,1-3H3,(H,15,17). The second-order valence-electron chi connectivity index (χ2n) is 5.90. The van der Waals surface area contributed by atoms with Gasteiger partial charge in [0.05, 0.1) is 0 Å². The highest BCUT2D eigenvalue weighted by atomic mass is 16.2. The predicted octanol–water partition coefficient (Wildman–Crippen LogP) is 1.69. The van der Waals surface area contributed by atoms with E-state index in [4.69, 9.17) is 0 Å². The molecule has 1 aliphatic carbocycles. The van der Waals surface area contributed by atoms with Gasteiger partial charge in [-0.15, -0.1) is 0 Å². The Morgan fingerprint density at radius 3 is 2.33 bits per heavy atom. The molecule has 1 N–H and O–H groups in total. The van der Waals surface area contributed by atoms with Gasteiger partial charge in [0.2, 0.25) is 11.8 Å². The molecule has 0 aromatic carbocycles. The summed E-state index contributed by atoms with van der Waals surface area (Å²) in [6, 6.07) is -0.529. The van der Waals surface area contributed by atoms with Gasteiger partial charge in [0, 0.05) is 6.04 Å². The molecular formula is C14H24N2O2. The summed E-state index contributed by atoms with van der Waals surface area (Å²) in [6.07, 6.45) is 5.76. The van der Waals surface area contributed by atoms with Crippen LogP contribution in [0.2, 0.25) is 0 Å². The van der Waals surface area contributed by atoms with Crippen molar-refractivity contribution in [1.29, 1.82) is 0 Å². The summed E-state index contributed by atoms with van der Waals surface area (Å²) >= 11 is 0. The SMILES string of the molecule is CC(C)N1C(=O)C(C2CCCCC2)NC(=O)C1C. The minimum Gasteiger partial charge on any atom is -0.342 e. The Balaban J connectivity index is 2.15. The van der Waals surface area contributed by atoms with Crippen molar-refractivity contribution in [3.63, 3.8) is 0 Å². The van der Waals surface area contributed by atoms with Crippen molar-refractivity contribution in [2.24, 2.45) is 5.92 Å². The van der Waals surface area contributed by atoms with Crippen molar-refractivity contribution in [3.8, 4) is 0 Å². The highest BCUT2D eigenvalue weighted by Crippen LogP contribution is 2.29. The molecule has 1 aliphatic heterocycles. The Kier molecular flexibility index (Phi) is 3.93. The van der Waals surface area contributed by atoms with E-state index in [1.54, 1.807) is 4.90 Å². The maximum absolute atomic E-state index is 12.5.